The minimum atomic E-state index is -1.28. The Kier molecular flexibility index (Phi) is 10.7. The number of para-hydroxylation sites is 1. The molecule has 0 bridgehead atoms. The number of thioether (sulfide) groups is 1. The number of β-lactam (4-membered cyclic amide) rings is 1. The van der Waals surface area contributed by atoms with Crippen molar-refractivity contribution >= 4 is 59.0 Å². The number of hydrogen-bond donors (Lipinski definition) is 5. The molecule has 2 heterocycles. The van der Waals surface area contributed by atoms with Gasteiger partial charge in [-0.2, -0.15) is 0 Å². The lowest BCUT2D eigenvalue weighted by molar-refractivity contribution is -0.387. The Morgan fingerprint density at radius 3 is 2.40 bits per heavy atom. The molecular weight excluding hydrogens is 624 g/mol. The number of carbonyl (C=O) groups excluding carboxylic acids is 4. The molecule has 4 amide bonds. The molecule has 0 radical (unpaired) electrons. The maximum atomic E-state index is 13.7. The van der Waals surface area contributed by atoms with Crippen molar-refractivity contribution in [2.45, 2.75) is 72.8 Å². The lowest BCUT2D eigenvalue weighted by Gasteiger charge is -2.44. The van der Waals surface area contributed by atoms with Crippen LogP contribution in [0.5, 0.6) is 0 Å². The number of carboxylic acid groups (broad SMARTS) is 1. The van der Waals surface area contributed by atoms with Gasteiger partial charge in [0.2, 0.25) is 23.6 Å². The molecule has 2 aromatic carbocycles. The van der Waals surface area contributed by atoms with Gasteiger partial charge >= 0.3 is 5.97 Å². The number of nitrogens with one attached hydrogen (secondary N) is 4. The van der Waals surface area contributed by atoms with Crippen LogP contribution in [-0.4, -0.2) is 79.3 Å². The second-order valence-electron chi connectivity index (χ2n) is 11.0. The van der Waals surface area contributed by atoms with Crippen molar-refractivity contribution in [3.05, 3.63) is 70.3 Å². The first kappa shape index (κ1) is 33.7. The summed E-state index contributed by atoms with van der Waals surface area (Å²) >= 11 is 2.08. The molecule has 45 heavy (non-hydrogen) atoms. The molecule has 0 saturated carbocycles. The zero-order valence-electron chi connectivity index (χ0n) is 24.7. The van der Waals surface area contributed by atoms with Gasteiger partial charge in [0, 0.05) is 17.4 Å². The first-order valence-corrected chi connectivity index (χ1v) is 15.9. The zero-order valence-corrected chi connectivity index (χ0v) is 26.4. The number of carbonyl (C=O) groups is 5. The van der Waals surface area contributed by atoms with Crippen molar-refractivity contribution in [1.82, 2.24) is 25.6 Å². The molecule has 14 nitrogen and oxygen atoms in total. The fourth-order valence-electron chi connectivity index (χ4n) is 5.11. The van der Waals surface area contributed by atoms with Crippen molar-refractivity contribution in [3.63, 3.8) is 0 Å². The van der Waals surface area contributed by atoms with Crippen LogP contribution in [0.4, 0.5) is 5.69 Å². The van der Waals surface area contributed by atoms with Gasteiger partial charge < -0.3 is 26.0 Å². The highest BCUT2D eigenvalue weighted by Gasteiger charge is 2.64. The first-order chi connectivity index (χ1) is 21.4. The number of hydrogen-bond acceptors (Lipinski definition) is 10. The van der Waals surface area contributed by atoms with Gasteiger partial charge in [-0.1, -0.05) is 49.4 Å². The molecule has 4 rings (SSSR count). The number of rotatable bonds is 14. The van der Waals surface area contributed by atoms with Gasteiger partial charge in [-0.25, -0.2) is 9.52 Å². The van der Waals surface area contributed by atoms with Crippen LogP contribution in [0.15, 0.2) is 59.5 Å². The van der Waals surface area contributed by atoms with Crippen molar-refractivity contribution in [2.75, 3.05) is 6.54 Å². The van der Waals surface area contributed by atoms with Crippen molar-refractivity contribution in [2.24, 2.45) is 0 Å². The van der Waals surface area contributed by atoms with E-state index in [4.69, 9.17) is 0 Å². The number of benzene rings is 2. The Balaban J connectivity index is 1.54. The standard InChI is InChI=1S/C29H34N6O8S2/c1-4-14-30-20(36)15-17(33-45-19-13-9-8-12-18(19)35(42)43)24(37)31-21(16-10-6-5-7-11-16)25(38)32-22-26(39)34-23(28(40)41)29(2,3)44-27(22)34/h5-13,17,21-23,27,33H,4,14-15H2,1-3H3,(H,30,36)(H,31,37)(H,32,38)(H,40,41)/t17?,21?,22-,23+,27-/m1/s1. The Morgan fingerprint density at radius 1 is 1.09 bits per heavy atom. The third kappa shape index (κ3) is 7.57. The van der Waals surface area contributed by atoms with E-state index in [1.807, 2.05) is 6.92 Å². The van der Waals surface area contributed by atoms with Crippen LogP contribution < -0.4 is 20.7 Å². The van der Waals surface area contributed by atoms with E-state index in [-0.39, 0.29) is 17.0 Å². The van der Waals surface area contributed by atoms with E-state index in [0.717, 1.165) is 11.9 Å². The van der Waals surface area contributed by atoms with Crippen LogP contribution in [0.25, 0.3) is 0 Å². The summed E-state index contributed by atoms with van der Waals surface area (Å²) in [5.41, 5.74) is 0.207. The van der Waals surface area contributed by atoms with Crippen LogP contribution in [0.3, 0.4) is 0 Å². The summed E-state index contributed by atoms with van der Waals surface area (Å²) in [4.78, 5) is 77.3. The molecule has 2 aromatic rings. The van der Waals surface area contributed by atoms with Gasteiger partial charge in [-0.15, -0.1) is 11.8 Å². The van der Waals surface area contributed by atoms with Gasteiger partial charge in [-0.05, 0) is 43.8 Å². The Morgan fingerprint density at radius 2 is 1.76 bits per heavy atom. The number of carboxylic acids is 1. The maximum Gasteiger partial charge on any atom is 0.327 e. The van der Waals surface area contributed by atoms with Crippen LogP contribution in [0, 0.1) is 10.1 Å². The molecule has 2 saturated heterocycles. The quantitative estimate of drug-likeness (QED) is 0.0860. The topological polar surface area (TPSA) is 200 Å². The second kappa shape index (κ2) is 14.3. The summed E-state index contributed by atoms with van der Waals surface area (Å²) in [6.45, 7) is 5.69. The second-order valence-corrected chi connectivity index (χ2v) is 13.6. The number of nitro groups is 1. The predicted octanol–water partition coefficient (Wildman–Crippen LogP) is 1.97. The van der Waals surface area contributed by atoms with E-state index < -0.39 is 68.8 Å². The maximum absolute atomic E-state index is 13.7. The summed E-state index contributed by atoms with van der Waals surface area (Å²) in [5, 5.41) is 28.6. The average Bonchev–Trinajstić information content (AvgIpc) is 3.27. The molecule has 5 N–H and O–H groups in total. The van der Waals surface area contributed by atoms with Crippen LogP contribution in [-0.2, 0) is 24.0 Å². The van der Waals surface area contributed by atoms with Crippen molar-refractivity contribution in [1.29, 1.82) is 0 Å². The lowest BCUT2D eigenvalue weighted by atomic mass is 9.95. The first-order valence-electron chi connectivity index (χ1n) is 14.2. The van der Waals surface area contributed by atoms with Gasteiger partial charge in [0.25, 0.3) is 5.69 Å². The molecule has 5 atom stereocenters. The highest BCUT2D eigenvalue weighted by molar-refractivity contribution is 8.01. The number of amides is 4. The molecule has 0 aliphatic carbocycles. The van der Waals surface area contributed by atoms with E-state index in [0.29, 0.717) is 18.5 Å². The Hall–Kier alpha value is -4.15. The summed E-state index contributed by atoms with van der Waals surface area (Å²) in [6.07, 6.45) is 0.335. The van der Waals surface area contributed by atoms with Crippen LogP contribution in [0.2, 0.25) is 0 Å². The monoisotopic (exact) mass is 658 g/mol. The van der Waals surface area contributed by atoms with Crippen LogP contribution >= 0.6 is 23.7 Å². The van der Waals surface area contributed by atoms with E-state index in [1.54, 1.807) is 50.2 Å². The number of nitro benzene ring substituents is 1. The molecule has 2 aliphatic rings. The number of nitrogens with zero attached hydrogens (tertiary/aromatic N) is 2. The lowest BCUT2D eigenvalue weighted by Crippen LogP contribution is -2.71. The molecule has 2 fully saturated rings. The predicted molar refractivity (Wildman–Crippen MR) is 167 cm³/mol. The van der Waals surface area contributed by atoms with Gasteiger partial charge in [0.05, 0.1) is 11.3 Å². The number of fused-ring (bicyclic) bond motifs is 1. The zero-order chi connectivity index (χ0) is 32.9. The summed E-state index contributed by atoms with van der Waals surface area (Å²) in [5.74, 6) is -3.55. The largest absolute Gasteiger partial charge is 0.480 e. The van der Waals surface area contributed by atoms with E-state index in [9.17, 15) is 39.2 Å². The van der Waals surface area contributed by atoms with Gasteiger partial charge in [-0.3, -0.25) is 29.3 Å². The van der Waals surface area contributed by atoms with E-state index in [2.05, 4.69) is 20.7 Å². The minimum Gasteiger partial charge on any atom is -0.480 e. The van der Waals surface area contributed by atoms with Crippen molar-refractivity contribution in [3.8, 4) is 0 Å². The van der Waals surface area contributed by atoms with Gasteiger partial charge in [0.1, 0.15) is 34.4 Å². The fraction of sp³-hybridized carbons (Fsp3) is 0.414. The summed E-state index contributed by atoms with van der Waals surface area (Å²) < 4.78 is 2.06. The Labute approximate surface area is 267 Å². The normalized spacial score (nSPS) is 21.1. The summed E-state index contributed by atoms with van der Waals surface area (Å²) in [6, 6.07) is 9.66. The minimum absolute atomic E-state index is 0.191. The molecule has 0 spiro atoms. The fourth-order valence-corrected chi connectivity index (χ4v) is 7.59. The van der Waals surface area contributed by atoms with E-state index >= 15 is 0 Å². The molecule has 2 aliphatic heterocycles. The van der Waals surface area contributed by atoms with Crippen LogP contribution in [0.1, 0.15) is 45.2 Å². The molecule has 16 heteroatoms. The number of aliphatic carboxylic acids is 1. The molecule has 240 valence electrons. The third-order valence-electron chi connectivity index (χ3n) is 7.31. The highest BCUT2D eigenvalue weighted by atomic mass is 32.2. The third-order valence-corrected chi connectivity index (χ3v) is 9.84. The molecule has 2 unspecified atom stereocenters. The summed E-state index contributed by atoms with van der Waals surface area (Å²) in [7, 11) is 0. The highest BCUT2D eigenvalue weighted by Crippen LogP contribution is 2.50. The molecular formula is C29H34N6O8S2. The SMILES string of the molecule is CCCNC(=O)CC(NSc1ccccc1[N+](=O)[O-])C(=O)NC(C(=O)N[C@@H]1C(=O)N2[C@@H]1SC(C)(C)[C@@H]2C(=O)O)c1ccccc1. The van der Waals surface area contributed by atoms with Gasteiger partial charge in [0.15, 0.2) is 0 Å². The molecule has 0 aromatic heterocycles. The average molecular weight is 659 g/mol. The van der Waals surface area contributed by atoms with E-state index in [1.165, 1.54) is 34.9 Å². The smallest absolute Gasteiger partial charge is 0.327 e. The van der Waals surface area contributed by atoms with Crippen molar-refractivity contribution < 1.29 is 34.0 Å². The Bertz CT molecular complexity index is 1480.